The predicted octanol–water partition coefficient (Wildman–Crippen LogP) is 3.34. The van der Waals surface area contributed by atoms with Crippen LogP contribution in [0.2, 0.25) is 0 Å². The number of fused-ring (bicyclic) bond motifs is 1. The summed E-state index contributed by atoms with van der Waals surface area (Å²) < 4.78 is 2.22. The molecular weight excluding hydrogens is 294 g/mol. The Morgan fingerprint density at radius 2 is 2.05 bits per heavy atom. The Kier molecular flexibility index (Phi) is 3.76. The molecule has 2 aromatic heterocycles. The molecule has 1 saturated carbocycles. The van der Waals surface area contributed by atoms with E-state index in [0.717, 1.165) is 28.7 Å². The highest BCUT2D eigenvalue weighted by Crippen LogP contribution is 2.31. The average molecular weight is 309 g/mol. The second kappa shape index (κ2) is 5.54. The molecule has 4 nitrogen and oxygen atoms in total. The van der Waals surface area contributed by atoms with Gasteiger partial charge in [0.1, 0.15) is 0 Å². The molecule has 1 fully saturated rings. The number of aliphatic carboxylic acids is 1. The van der Waals surface area contributed by atoms with Gasteiger partial charge in [0.2, 0.25) is 0 Å². The summed E-state index contributed by atoms with van der Waals surface area (Å²) in [7, 11) is 0. The highest BCUT2D eigenvalue weighted by molar-refractivity contribution is 7.27. The largest absolute Gasteiger partial charge is 0.481 e. The zero-order chi connectivity index (χ0) is 14.1. The van der Waals surface area contributed by atoms with Gasteiger partial charge in [0, 0.05) is 15.4 Å². The van der Waals surface area contributed by atoms with Gasteiger partial charge in [0.25, 0.3) is 5.91 Å². The van der Waals surface area contributed by atoms with Crippen LogP contribution in [0.5, 0.6) is 0 Å². The standard InChI is InChI=1S/C14H15NO3S2/c16-13(12-7-11-10(20-12)5-6-19-11)15-9-4-2-1-3-8(9)14(17)18/h5-9H,1-4H2,(H,15,16)(H,17,18). The number of carbonyl (C=O) groups is 2. The molecule has 0 radical (unpaired) electrons. The van der Waals surface area contributed by atoms with Crippen molar-refractivity contribution in [1.82, 2.24) is 5.32 Å². The fourth-order valence-electron chi connectivity index (χ4n) is 2.72. The molecule has 2 aromatic rings. The van der Waals surface area contributed by atoms with Crippen LogP contribution in [0.3, 0.4) is 0 Å². The van der Waals surface area contributed by atoms with Crippen LogP contribution < -0.4 is 5.32 Å². The first-order valence-electron chi connectivity index (χ1n) is 6.66. The number of thiophene rings is 2. The van der Waals surface area contributed by atoms with Crippen molar-refractivity contribution in [3.8, 4) is 0 Å². The van der Waals surface area contributed by atoms with Crippen LogP contribution in [0.4, 0.5) is 0 Å². The molecule has 0 aromatic carbocycles. The van der Waals surface area contributed by atoms with Gasteiger partial charge < -0.3 is 10.4 Å². The van der Waals surface area contributed by atoms with Crippen molar-refractivity contribution < 1.29 is 14.7 Å². The zero-order valence-corrected chi connectivity index (χ0v) is 12.4. The third-order valence-electron chi connectivity index (χ3n) is 3.76. The molecule has 2 atom stereocenters. The molecule has 2 N–H and O–H groups in total. The van der Waals surface area contributed by atoms with Crippen LogP contribution in [-0.4, -0.2) is 23.0 Å². The molecular formula is C14H15NO3S2. The smallest absolute Gasteiger partial charge is 0.308 e. The van der Waals surface area contributed by atoms with Gasteiger partial charge in [-0.3, -0.25) is 9.59 Å². The molecule has 106 valence electrons. The summed E-state index contributed by atoms with van der Waals surface area (Å²) in [6, 6.07) is 3.65. The summed E-state index contributed by atoms with van der Waals surface area (Å²) in [4.78, 5) is 24.2. The maximum absolute atomic E-state index is 12.3. The number of hydrogen-bond donors (Lipinski definition) is 2. The van der Waals surface area contributed by atoms with Gasteiger partial charge in [0.15, 0.2) is 0 Å². The number of hydrogen-bond acceptors (Lipinski definition) is 4. The number of carbonyl (C=O) groups excluding carboxylic acids is 1. The quantitative estimate of drug-likeness (QED) is 0.914. The van der Waals surface area contributed by atoms with E-state index in [1.54, 1.807) is 11.3 Å². The Balaban J connectivity index is 1.74. The molecule has 2 unspecified atom stereocenters. The summed E-state index contributed by atoms with van der Waals surface area (Å²) in [5.41, 5.74) is 0. The van der Waals surface area contributed by atoms with Gasteiger partial charge in [-0.05, 0) is 30.4 Å². The number of amides is 1. The average Bonchev–Trinajstić information content (AvgIpc) is 2.99. The van der Waals surface area contributed by atoms with Crippen molar-refractivity contribution in [1.29, 1.82) is 0 Å². The van der Waals surface area contributed by atoms with Crippen LogP contribution in [0.15, 0.2) is 17.5 Å². The summed E-state index contributed by atoms with van der Waals surface area (Å²) in [6.45, 7) is 0. The molecule has 1 amide bonds. The Morgan fingerprint density at radius 3 is 2.80 bits per heavy atom. The van der Waals surface area contributed by atoms with Gasteiger partial charge in [-0.2, -0.15) is 0 Å². The lowest BCUT2D eigenvalue weighted by Crippen LogP contribution is -2.44. The van der Waals surface area contributed by atoms with Gasteiger partial charge in [-0.1, -0.05) is 12.8 Å². The van der Waals surface area contributed by atoms with Crippen LogP contribution >= 0.6 is 22.7 Å². The SMILES string of the molecule is O=C(NC1CCCCC1C(=O)O)c1cc2sccc2s1. The Labute approximate surface area is 124 Å². The van der Waals surface area contributed by atoms with E-state index >= 15 is 0 Å². The van der Waals surface area contributed by atoms with Crippen LogP contribution in [0.25, 0.3) is 9.40 Å². The van der Waals surface area contributed by atoms with Crippen LogP contribution in [0.1, 0.15) is 35.4 Å². The third kappa shape index (κ3) is 2.58. The maximum Gasteiger partial charge on any atom is 0.308 e. The number of carboxylic acid groups (broad SMARTS) is 1. The number of carboxylic acids is 1. The zero-order valence-electron chi connectivity index (χ0n) is 10.8. The first-order chi connectivity index (χ1) is 9.65. The van der Waals surface area contributed by atoms with Crippen LogP contribution in [0, 0.1) is 5.92 Å². The summed E-state index contributed by atoms with van der Waals surface area (Å²) in [5, 5.41) is 14.1. The lowest BCUT2D eigenvalue weighted by Gasteiger charge is -2.29. The molecule has 20 heavy (non-hydrogen) atoms. The Bertz CT molecular complexity index is 617. The lowest BCUT2D eigenvalue weighted by molar-refractivity contribution is -0.143. The van der Waals surface area contributed by atoms with E-state index in [4.69, 9.17) is 0 Å². The van der Waals surface area contributed by atoms with E-state index < -0.39 is 11.9 Å². The highest BCUT2D eigenvalue weighted by Gasteiger charge is 2.32. The normalized spacial score (nSPS) is 22.8. The van der Waals surface area contributed by atoms with E-state index in [9.17, 15) is 14.7 Å². The Hall–Kier alpha value is -1.40. The molecule has 1 aliphatic carbocycles. The molecule has 6 heteroatoms. The van der Waals surface area contributed by atoms with E-state index in [1.807, 2.05) is 17.5 Å². The maximum atomic E-state index is 12.3. The van der Waals surface area contributed by atoms with Crippen LogP contribution in [-0.2, 0) is 4.79 Å². The van der Waals surface area contributed by atoms with Crippen molar-refractivity contribution in [3.05, 3.63) is 22.4 Å². The molecule has 0 saturated heterocycles. The number of rotatable bonds is 3. The summed E-state index contributed by atoms with van der Waals surface area (Å²) >= 11 is 3.07. The molecule has 0 spiro atoms. The minimum absolute atomic E-state index is 0.142. The Morgan fingerprint density at radius 1 is 1.25 bits per heavy atom. The minimum Gasteiger partial charge on any atom is -0.481 e. The second-order valence-electron chi connectivity index (χ2n) is 5.07. The third-order valence-corrected chi connectivity index (χ3v) is 5.85. The second-order valence-corrected chi connectivity index (χ2v) is 7.10. The summed E-state index contributed by atoms with van der Waals surface area (Å²) in [5.74, 6) is -1.40. The predicted molar refractivity (Wildman–Crippen MR) is 80.6 cm³/mol. The highest BCUT2D eigenvalue weighted by atomic mass is 32.1. The first-order valence-corrected chi connectivity index (χ1v) is 8.35. The molecule has 1 aliphatic rings. The van der Waals surface area contributed by atoms with E-state index in [-0.39, 0.29) is 11.9 Å². The molecule has 0 aliphatic heterocycles. The van der Waals surface area contributed by atoms with E-state index in [0.29, 0.717) is 11.3 Å². The topological polar surface area (TPSA) is 66.4 Å². The van der Waals surface area contributed by atoms with Crippen molar-refractivity contribution in [2.45, 2.75) is 31.7 Å². The van der Waals surface area contributed by atoms with Gasteiger partial charge >= 0.3 is 5.97 Å². The van der Waals surface area contributed by atoms with E-state index in [1.165, 1.54) is 11.3 Å². The van der Waals surface area contributed by atoms with Gasteiger partial charge in [-0.25, -0.2) is 0 Å². The fourth-order valence-corrected chi connectivity index (χ4v) is 4.73. The van der Waals surface area contributed by atoms with Gasteiger partial charge in [-0.15, -0.1) is 22.7 Å². The molecule has 3 rings (SSSR count). The fraction of sp³-hybridized carbons (Fsp3) is 0.429. The van der Waals surface area contributed by atoms with Crippen molar-refractivity contribution in [2.75, 3.05) is 0 Å². The van der Waals surface area contributed by atoms with Crippen molar-refractivity contribution in [2.24, 2.45) is 5.92 Å². The first kappa shape index (κ1) is 13.6. The monoisotopic (exact) mass is 309 g/mol. The van der Waals surface area contributed by atoms with Crippen molar-refractivity contribution in [3.63, 3.8) is 0 Å². The van der Waals surface area contributed by atoms with Gasteiger partial charge in [0.05, 0.1) is 10.8 Å². The van der Waals surface area contributed by atoms with Crippen molar-refractivity contribution >= 4 is 43.9 Å². The molecule has 0 bridgehead atoms. The minimum atomic E-state index is -0.804. The lowest BCUT2D eigenvalue weighted by atomic mass is 9.84. The summed E-state index contributed by atoms with van der Waals surface area (Å²) in [6.07, 6.45) is 3.31. The number of nitrogens with one attached hydrogen (secondary N) is 1. The molecule has 2 heterocycles. The van der Waals surface area contributed by atoms with E-state index in [2.05, 4.69) is 5.32 Å².